The Kier molecular flexibility index (Phi) is 7.46. The highest BCUT2D eigenvalue weighted by Crippen LogP contribution is 2.19. The number of nitrogens with one attached hydrogen (secondary N) is 1. The number of ether oxygens (including phenoxy) is 1. The van der Waals surface area contributed by atoms with Gasteiger partial charge in [-0.15, -0.1) is 0 Å². The van der Waals surface area contributed by atoms with E-state index in [4.69, 9.17) is 4.74 Å². The Labute approximate surface area is 168 Å². The van der Waals surface area contributed by atoms with E-state index in [2.05, 4.69) is 15.1 Å². The van der Waals surface area contributed by atoms with E-state index in [9.17, 15) is 4.79 Å². The fourth-order valence-corrected chi connectivity index (χ4v) is 3.56. The first-order valence-electron chi connectivity index (χ1n) is 10.1. The molecule has 150 valence electrons. The Morgan fingerprint density at radius 3 is 2.25 bits per heavy atom. The van der Waals surface area contributed by atoms with Crippen molar-refractivity contribution in [1.29, 1.82) is 0 Å². The van der Waals surface area contributed by atoms with Crippen molar-refractivity contribution >= 4 is 11.6 Å². The number of para-hydroxylation sites is 2. The normalized spacial score (nSPS) is 15.4. The summed E-state index contributed by atoms with van der Waals surface area (Å²) in [5.74, 6) is 1.00. The number of piperazine rings is 1. The van der Waals surface area contributed by atoms with Gasteiger partial charge in [0.2, 0.25) is 5.91 Å². The van der Waals surface area contributed by atoms with Gasteiger partial charge in [-0.25, -0.2) is 0 Å². The number of amides is 1. The molecule has 1 saturated heterocycles. The van der Waals surface area contributed by atoms with Crippen molar-refractivity contribution in [1.82, 2.24) is 9.80 Å². The summed E-state index contributed by atoms with van der Waals surface area (Å²) < 4.78 is 5.76. The van der Waals surface area contributed by atoms with Gasteiger partial charge in [-0.05, 0) is 43.5 Å². The van der Waals surface area contributed by atoms with Crippen LogP contribution in [0.5, 0.6) is 5.75 Å². The Morgan fingerprint density at radius 2 is 1.57 bits per heavy atom. The Balaban J connectivity index is 1.33. The van der Waals surface area contributed by atoms with Crippen LogP contribution in [0, 0.1) is 13.8 Å². The minimum atomic E-state index is 0.0714. The molecule has 2 aromatic rings. The summed E-state index contributed by atoms with van der Waals surface area (Å²) in [6.45, 7) is 10.2. The number of nitrogens with zero attached hydrogens (tertiary/aromatic N) is 2. The standard InChI is InChI=1S/C23H31N3O2/c1-19-8-6-9-20(2)23(19)24-22(27)18-26-15-13-25(14-16-26)12-7-17-28-21-10-4-3-5-11-21/h3-6,8-11H,7,12-18H2,1-2H3,(H,24,27). The first kappa shape index (κ1) is 20.4. The van der Waals surface area contributed by atoms with Crippen LogP contribution in [0.25, 0.3) is 0 Å². The molecule has 0 atom stereocenters. The number of anilines is 1. The molecule has 28 heavy (non-hydrogen) atoms. The molecule has 0 saturated carbocycles. The van der Waals surface area contributed by atoms with E-state index in [1.165, 1.54) is 0 Å². The highest BCUT2D eigenvalue weighted by atomic mass is 16.5. The summed E-state index contributed by atoms with van der Waals surface area (Å²) in [6, 6.07) is 16.0. The molecule has 1 fully saturated rings. The minimum absolute atomic E-state index is 0.0714. The number of hydrogen-bond acceptors (Lipinski definition) is 4. The topological polar surface area (TPSA) is 44.8 Å². The second kappa shape index (κ2) is 10.2. The van der Waals surface area contributed by atoms with E-state index in [1.807, 2.05) is 62.4 Å². The van der Waals surface area contributed by atoms with Crippen LogP contribution in [0.1, 0.15) is 17.5 Å². The highest BCUT2D eigenvalue weighted by molar-refractivity contribution is 5.93. The summed E-state index contributed by atoms with van der Waals surface area (Å²) in [4.78, 5) is 17.1. The van der Waals surface area contributed by atoms with E-state index in [-0.39, 0.29) is 5.91 Å². The van der Waals surface area contributed by atoms with Crippen molar-refractivity contribution in [3.05, 3.63) is 59.7 Å². The van der Waals surface area contributed by atoms with E-state index in [0.29, 0.717) is 6.54 Å². The van der Waals surface area contributed by atoms with Crippen molar-refractivity contribution in [3.63, 3.8) is 0 Å². The second-order valence-corrected chi connectivity index (χ2v) is 7.45. The van der Waals surface area contributed by atoms with Gasteiger partial charge >= 0.3 is 0 Å². The van der Waals surface area contributed by atoms with E-state index < -0.39 is 0 Å². The average molecular weight is 382 g/mol. The van der Waals surface area contributed by atoms with Gasteiger partial charge in [0, 0.05) is 38.4 Å². The number of rotatable bonds is 8. The first-order valence-corrected chi connectivity index (χ1v) is 10.1. The van der Waals surface area contributed by atoms with E-state index >= 15 is 0 Å². The Hall–Kier alpha value is -2.37. The third kappa shape index (κ3) is 6.08. The zero-order chi connectivity index (χ0) is 19.8. The van der Waals surface area contributed by atoms with Crippen molar-refractivity contribution < 1.29 is 9.53 Å². The number of carbonyl (C=O) groups excluding carboxylic acids is 1. The molecule has 0 spiro atoms. The number of hydrogen-bond donors (Lipinski definition) is 1. The maximum Gasteiger partial charge on any atom is 0.238 e. The van der Waals surface area contributed by atoms with Gasteiger partial charge in [-0.2, -0.15) is 0 Å². The SMILES string of the molecule is Cc1cccc(C)c1NC(=O)CN1CCN(CCCOc2ccccc2)CC1. The minimum Gasteiger partial charge on any atom is -0.494 e. The van der Waals surface area contributed by atoms with Gasteiger partial charge in [-0.1, -0.05) is 36.4 Å². The Bertz CT molecular complexity index is 735. The summed E-state index contributed by atoms with van der Waals surface area (Å²) in [5, 5.41) is 3.08. The largest absolute Gasteiger partial charge is 0.494 e. The molecular weight excluding hydrogens is 350 g/mol. The van der Waals surface area contributed by atoms with Gasteiger partial charge in [0.25, 0.3) is 0 Å². The molecule has 5 heteroatoms. The van der Waals surface area contributed by atoms with Crippen LogP contribution in [-0.2, 0) is 4.79 Å². The molecule has 2 aromatic carbocycles. The molecule has 0 radical (unpaired) electrons. The molecule has 0 unspecified atom stereocenters. The molecule has 1 amide bonds. The molecule has 1 heterocycles. The summed E-state index contributed by atoms with van der Waals surface area (Å²) in [5.41, 5.74) is 3.16. The fourth-order valence-electron chi connectivity index (χ4n) is 3.56. The van der Waals surface area contributed by atoms with Crippen molar-refractivity contribution in [2.45, 2.75) is 20.3 Å². The molecule has 0 bridgehead atoms. The predicted molar refractivity (Wildman–Crippen MR) is 114 cm³/mol. The van der Waals surface area contributed by atoms with Crippen LogP contribution in [-0.4, -0.2) is 61.6 Å². The molecule has 1 aliphatic rings. The molecule has 5 nitrogen and oxygen atoms in total. The quantitative estimate of drug-likeness (QED) is 0.713. The predicted octanol–water partition coefficient (Wildman–Crippen LogP) is 3.33. The van der Waals surface area contributed by atoms with Gasteiger partial charge in [0.05, 0.1) is 13.2 Å². The van der Waals surface area contributed by atoms with Crippen LogP contribution in [0.15, 0.2) is 48.5 Å². The first-order chi connectivity index (χ1) is 13.6. The zero-order valence-electron chi connectivity index (χ0n) is 17.0. The van der Waals surface area contributed by atoms with Crippen LogP contribution in [0.4, 0.5) is 5.69 Å². The average Bonchev–Trinajstić information content (AvgIpc) is 2.70. The highest BCUT2D eigenvalue weighted by Gasteiger charge is 2.19. The smallest absolute Gasteiger partial charge is 0.238 e. The third-order valence-electron chi connectivity index (χ3n) is 5.21. The lowest BCUT2D eigenvalue weighted by molar-refractivity contribution is -0.117. The van der Waals surface area contributed by atoms with Crippen LogP contribution < -0.4 is 10.1 Å². The van der Waals surface area contributed by atoms with Crippen LogP contribution >= 0.6 is 0 Å². The van der Waals surface area contributed by atoms with Crippen molar-refractivity contribution in [3.8, 4) is 5.75 Å². The second-order valence-electron chi connectivity index (χ2n) is 7.45. The lowest BCUT2D eigenvalue weighted by Gasteiger charge is -2.34. The maximum atomic E-state index is 12.4. The fraction of sp³-hybridized carbons (Fsp3) is 0.435. The zero-order valence-corrected chi connectivity index (χ0v) is 17.0. The molecule has 3 rings (SSSR count). The van der Waals surface area contributed by atoms with Crippen LogP contribution in [0.2, 0.25) is 0 Å². The summed E-state index contributed by atoms with van der Waals surface area (Å²) >= 11 is 0. The molecular formula is C23H31N3O2. The van der Waals surface area contributed by atoms with Crippen molar-refractivity contribution in [2.75, 3.05) is 51.2 Å². The van der Waals surface area contributed by atoms with E-state index in [1.54, 1.807) is 0 Å². The van der Waals surface area contributed by atoms with Gasteiger partial charge in [0.1, 0.15) is 5.75 Å². The third-order valence-corrected chi connectivity index (χ3v) is 5.21. The number of benzene rings is 2. The van der Waals surface area contributed by atoms with E-state index in [0.717, 1.165) is 68.3 Å². The molecule has 0 aliphatic carbocycles. The maximum absolute atomic E-state index is 12.4. The number of carbonyl (C=O) groups is 1. The lowest BCUT2D eigenvalue weighted by atomic mass is 10.1. The van der Waals surface area contributed by atoms with Gasteiger partial charge in [-0.3, -0.25) is 9.69 Å². The summed E-state index contributed by atoms with van der Waals surface area (Å²) in [7, 11) is 0. The molecule has 1 aliphatic heterocycles. The lowest BCUT2D eigenvalue weighted by Crippen LogP contribution is -2.48. The summed E-state index contributed by atoms with van der Waals surface area (Å²) in [6.07, 6.45) is 1.02. The molecule has 1 N–H and O–H groups in total. The van der Waals surface area contributed by atoms with Crippen molar-refractivity contribution in [2.24, 2.45) is 0 Å². The molecule has 0 aromatic heterocycles. The Morgan fingerprint density at radius 1 is 0.929 bits per heavy atom. The van der Waals surface area contributed by atoms with Gasteiger partial charge < -0.3 is 15.0 Å². The van der Waals surface area contributed by atoms with Gasteiger partial charge in [0.15, 0.2) is 0 Å². The number of aryl methyl sites for hydroxylation is 2. The monoisotopic (exact) mass is 381 g/mol. The van der Waals surface area contributed by atoms with Crippen LogP contribution in [0.3, 0.4) is 0 Å².